The monoisotopic (exact) mass is 603 g/mol. The maximum Gasteiger partial charge on any atom is 0.136 e. The third kappa shape index (κ3) is 3.40. The minimum Gasteiger partial charge on any atom is -0.456 e. The molecule has 1 heterocycles. The molecular formula is C45H30O. The standard InChI is InChI=1S/C45H30O/c1-45(2)38-18-10-9-13-31(38)36-25-28(19-22-39(36)45)42-32-14-5-7-16-34(32)43(35-17-8-6-15-33(35)42)29-21-23-40-37(26-29)44-30-12-4-3-11-27(30)20-24-41(44)46-40/h3-26H,1-2H3/i3D,4D,5D,6D,7D,8D,11D,12D,14D,15D,16D,17D,20D,21D,23D,24D,26D. The Labute approximate surface area is 291 Å². The van der Waals surface area contributed by atoms with Gasteiger partial charge in [-0.3, -0.25) is 0 Å². The van der Waals surface area contributed by atoms with Gasteiger partial charge in [-0.25, -0.2) is 0 Å². The summed E-state index contributed by atoms with van der Waals surface area (Å²) < 4.78 is 160. The quantitative estimate of drug-likeness (QED) is 0.179. The highest BCUT2D eigenvalue weighted by Crippen LogP contribution is 2.51. The van der Waals surface area contributed by atoms with Gasteiger partial charge in [-0.2, -0.15) is 0 Å². The lowest BCUT2D eigenvalue weighted by Crippen LogP contribution is -2.14. The summed E-state index contributed by atoms with van der Waals surface area (Å²) in [7, 11) is 0. The number of fused-ring (bicyclic) bond motifs is 10. The van der Waals surface area contributed by atoms with E-state index in [0.29, 0.717) is 5.56 Å². The van der Waals surface area contributed by atoms with E-state index in [-0.39, 0.29) is 54.2 Å². The normalized spacial score (nSPS) is 18.8. The van der Waals surface area contributed by atoms with Crippen LogP contribution >= 0.6 is 0 Å². The first-order valence-electron chi connectivity index (χ1n) is 23.2. The van der Waals surface area contributed by atoms with Gasteiger partial charge in [0.25, 0.3) is 0 Å². The van der Waals surface area contributed by atoms with E-state index in [9.17, 15) is 9.60 Å². The number of furan rings is 1. The van der Waals surface area contributed by atoms with Crippen molar-refractivity contribution >= 4 is 54.3 Å². The van der Waals surface area contributed by atoms with Crippen molar-refractivity contribution in [3.8, 4) is 33.4 Å². The zero-order chi connectivity index (χ0) is 45.4. The maximum atomic E-state index is 9.88. The Morgan fingerprint density at radius 2 is 1.13 bits per heavy atom. The number of rotatable bonds is 2. The SMILES string of the molecule is [2H]c1c(-c2c3c([2H])c([2H])c([2H])c([2H])c3c(-c3ccc4c(c3)-c3ccccc3C4(C)C)c3c([2H])c([2H])c([2H])c([2H])c23)c([2H])c2c(oc3c([2H])c([2H])c4c([2H])c([2H])c([2H])c([2H])c4c32)c1[2H]. The number of benzene rings is 8. The van der Waals surface area contributed by atoms with Crippen molar-refractivity contribution in [2.45, 2.75) is 19.3 Å². The third-order valence-electron chi connectivity index (χ3n) is 9.19. The molecule has 0 radical (unpaired) electrons. The van der Waals surface area contributed by atoms with Crippen LogP contribution in [0.3, 0.4) is 0 Å². The van der Waals surface area contributed by atoms with Crippen LogP contribution in [0.15, 0.2) is 150 Å². The van der Waals surface area contributed by atoms with Crippen molar-refractivity contribution in [2.75, 3.05) is 0 Å². The summed E-state index contributed by atoms with van der Waals surface area (Å²) in [5, 5.41) is -2.13. The molecule has 0 spiro atoms. The van der Waals surface area contributed by atoms with Crippen LogP contribution in [-0.2, 0) is 5.41 Å². The van der Waals surface area contributed by atoms with E-state index in [2.05, 4.69) is 13.8 Å². The number of hydrogen-bond acceptors (Lipinski definition) is 1. The van der Waals surface area contributed by atoms with E-state index in [0.717, 1.165) is 22.3 Å². The highest BCUT2D eigenvalue weighted by atomic mass is 16.3. The van der Waals surface area contributed by atoms with Gasteiger partial charge in [0.05, 0.1) is 23.3 Å². The van der Waals surface area contributed by atoms with Crippen molar-refractivity contribution < 1.29 is 27.7 Å². The van der Waals surface area contributed by atoms with Crippen molar-refractivity contribution in [3.63, 3.8) is 0 Å². The van der Waals surface area contributed by atoms with Crippen LogP contribution in [0.25, 0.3) is 87.6 Å². The average molecular weight is 604 g/mol. The second-order valence-electron chi connectivity index (χ2n) is 11.9. The van der Waals surface area contributed by atoms with E-state index < -0.39 is 125 Å². The average Bonchev–Trinajstić information content (AvgIpc) is 3.77. The van der Waals surface area contributed by atoms with E-state index in [1.54, 1.807) is 6.07 Å². The molecule has 10 rings (SSSR count). The molecule has 0 aliphatic heterocycles. The van der Waals surface area contributed by atoms with Crippen LogP contribution in [0.1, 0.15) is 48.3 Å². The molecule has 1 heteroatoms. The Hall–Kier alpha value is -5.66. The molecule has 0 unspecified atom stereocenters. The zero-order valence-electron chi connectivity index (χ0n) is 41.4. The molecule has 9 aromatic rings. The molecule has 0 saturated heterocycles. The van der Waals surface area contributed by atoms with E-state index in [1.807, 2.05) is 36.4 Å². The first-order chi connectivity index (χ1) is 29.7. The lowest BCUT2D eigenvalue weighted by atomic mass is 9.81. The molecule has 1 nitrogen and oxygen atoms in total. The minimum absolute atomic E-state index is 0.0514. The van der Waals surface area contributed by atoms with Crippen molar-refractivity contribution in [2.24, 2.45) is 0 Å². The Bertz CT molecular complexity index is 3600. The van der Waals surface area contributed by atoms with Gasteiger partial charge in [0.2, 0.25) is 0 Å². The van der Waals surface area contributed by atoms with Crippen LogP contribution in [-0.4, -0.2) is 0 Å². The highest BCUT2D eigenvalue weighted by molar-refractivity contribution is 6.23. The summed E-state index contributed by atoms with van der Waals surface area (Å²) in [6, 6.07) is 2.18. The molecule has 1 aliphatic rings. The zero-order valence-corrected chi connectivity index (χ0v) is 24.4. The summed E-state index contributed by atoms with van der Waals surface area (Å²) in [6.45, 7) is 4.16. The van der Waals surface area contributed by atoms with E-state index in [4.69, 9.17) is 18.1 Å². The molecule has 0 fully saturated rings. The predicted molar refractivity (Wildman–Crippen MR) is 195 cm³/mol. The highest BCUT2D eigenvalue weighted by Gasteiger charge is 2.35. The maximum absolute atomic E-state index is 9.88. The molecule has 0 saturated carbocycles. The summed E-state index contributed by atoms with van der Waals surface area (Å²) in [5.41, 5.74) is 2.03. The molecule has 0 atom stereocenters. The topological polar surface area (TPSA) is 13.1 Å². The van der Waals surface area contributed by atoms with Crippen molar-refractivity contribution in [1.82, 2.24) is 0 Å². The molecule has 1 aliphatic carbocycles. The van der Waals surface area contributed by atoms with Crippen LogP contribution in [0.4, 0.5) is 0 Å². The first kappa shape index (κ1) is 14.2. The summed E-state index contributed by atoms with van der Waals surface area (Å²) >= 11 is 0. The molecule has 0 N–H and O–H groups in total. The molecule has 46 heavy (non-hydrogen) atoms. The minimum atomic E-state index is -0.734. The second-order valence-corrected chi connectivity index (χ2v) is 11.9. The smallest absolute Gasteiger partial charge is 0.136 e. The largest absolute Gasteiger partial charge is 0.456 e. The fourth-order valence-corrected chi connectivity index (χ4v) is 7.12. The van der Waals surface area contributed by atoms with Crippen LogP contribution in [0.2, 0.25) is 0 Å². The van der Waals surface area contributed by atoms with Crippen molar-refractivity contribution in [3.05, 3.63) is 156 Å². The van der Waals surface area contributed by atoms with Gasteiger partial charge in [0.15, 0.2) is 0 Å². The second kappa shape index (κ2) is 9.19. The van der Waals surface area contributed by atoms with Gasteiger partial charge in [-0.1, -0.05) is 135 Å². The Kier molecular flexibility index (Phi) is 2.83. The van der Waals surface area contributed by atoms with Gasteiger partial charge in [0, 0.05) is 16.2 Å². The molecular weight excluding hydrogens is 556 g/mol. The Balaban J connectivity index is 1.48. The van der Waals surface area contributed by atoms with E-state index in [1.165, 1.54) is 0 Å². The fraction of sp³-hybridized carbons (Fsp3) is 0.0667. The Morgan fingerprint density at radius 3 is 1.87 bits per heavy atom. The fourth-order valence-electron chi connectivity index (χ4n) is 7.12. The lowest BCUT2D eigenvalue weighted by molar-refractivity contribution is 0.660. The molecule has 1 aromatic heterocycles. The van der Waals surface area contributed by atoms with Crippen LogP contribution in [0.5, 0.6) is 0 Å². The molecule has 8 aromatic carbocycles. The molecule has 0 bridgehead atoms. The predicted octanol–water partition coefficient (Wildman–Crippen LogP) is 12.7. The van der Waals surface area contributed by atoms with Crippen LogP contribution < -0.4 is 0 Å². The third-order valence-corrected chi connectivity index (χ3v) is 9.19. The summed E-state index contributed by atoms with van der Waals surface area (Å²) in [5.74, 6) is 0. The van der Waals surface area contributed by atoms with Gasteiger partial charge < -0.3 is 4.42 Å². The lowest BCUT2D eigenvalue weighted by Gasteiger charge is -2.22. The van der Waals surface area contributed by atoms with Gasteiger partial charge in [-0.15, -0.1) is 0 Å². The van der Waals surface area contributed by atoms with Crippen molar-refractivity contribution in [1.29, 1.82) is 0 Å². The van der Waals surface area contributed by atoms with Gasteiger partial charge >= 0.3 is 0 Å². The Morgan fingerprint density at radius 1 is 0.522 bits per heavy atom. The van der Waals surface area contributed by atoms with E-state index >= 15 is 0 Å². The summed E-state index contributed by atoms with van der Waals surface area (Å²) in [4.78, 5) is 0. The number of hydrogen-bond donors (Lipinski definition) is 0. The van der Waals surface area contributed by atoms with Crippen LogP contribution in [0, 0.1) is 0 Å². The van der Waals surface area contributed by atoms with Gasteiger partial charge in [-0.05, 0) is 101 Å². The first-order valence-corrected chi connectivity index (χ1v) is 14.7. The molecule has 216 valence electrons. The van der Waals surface area contributed by atoms with Gasteiger partial charge in [0.1, 0.15) is 11.2 Å². The molecule has 0 amide bonds. The summed E-state index contributed by atoms with van der Waals surface area (Å²) in [6.07, 6.45) is 0.